The molecule has 22 heavy (non-hydrogen) atoms. The van der Waals surface area contributed by atoms with Crippen LogP contribution in [-0.2, 0) is 12.4 Å². The van der Waals surface area contributed by atoms with E-state index in [1.54, 1.807) is 0 Å². The zero-order chi connectivity index (χ0) is 16.7. The summed E-state index contributed by atoms with van der Waals surface area (Å²) in [6.45, 7) is 0. The maximum absolute atomic E-state index is 12.9. The number of benzene rings is 1. The Morgan fingerprint density at radius 2 is 1.45 bits per heavy atom. The molecule has 3 N–H and O–H groups in total. The molecule has 0 radical (unpaired) electrons. The number of H-pyrrole nitrogens is 1. The van der Waals surface area contributed by atoms with Gasteiger partial charge in [0.05, 0.1) is 22.5 Å². The number of aromatic amines is 1. The Bertz CT molecular complexity index is 707. The van der Waals surface area contributed by atoms with Gasteiger partial charge in [0, 0.05) is 11.6 Å². The summed E-state index contributed by atoms with van der Waals surface area (Å²) in [5.41, 5.74) is -1.01. The fraction of sp³-hybridized carbons (Fsp3) is 0.167. The number of hydrogen-bond acceptors (Lipinski definition) is 3. The third-order valence-corrected chi connectivity index (χ3v) is 2.77. The third-order valence-electron chi connectivity index (χ3n) is 2.77. The van der Waals surface area contributed by atoms with Gasteiger partial charge in [0.1, 0.15) is 0 Å². The van der Waals surface area contributed by atoms with Gasteiger partial charge in [0.25, 0.3) is 5.56 Å². The van der Waals surface area contributed by atoms with Crippen LogP contribution in [0.15, 0.2) is 29.1 Å². The first-order valence-corrected chi connectivity index (χ1v) is 5.64. The summed E-state index contributed by atoms with van der Waals surface area (Å²) in [4.78, 5) is 10.9. The summed E-state index contributed by atoms with van der Waals surface area (Å²) in [6.07, 6.45) is -10.1. The SMILES string of the molecule is Nc1c(C(F)(F)F)cc(-c2ccc(=O)[nH]n2)cc1C(F)(F)F. The van der Waals surface area contributed by atoms with Crippen LogP contribution in [0.1, 0.15) is 11.1 Å². The number of hydrogen-bond donors (Lipinski definition) is 2. The van der Waals surface area contributed by atoms with Crippen LogP contribution in [0.5, 0.6) is 0 Å². The molecule has 1 heterocycles. The molecular weight excluding hydrogens is 316 g/mol. The van der Waals surface area contributed by atoms with E-state index in [1.165, 1.54) is 0 Å². The number of nitrogens with one attached hydrogen (secondary N) is 1. The molecule has 118 valence electrons. The first kappa shape index (κ1) is 15.9. The van der Waals surface area contributed by atoms with Crippen LogP contribution in [0.4, 0.5) is 32.0 Å². The molecule has 0 aliphatic heterocycles. The van der Waals surface area contributed by atoms with Crippen molar-refractivity contribution in [3.8, 4) is 11.3 Å². The van der Waals surface area contributed by atoms with Crippen molar-refractivity contribution < 1.29 is 26.3 Å². The Balaban J connectivity index is 2.75. The number of nitrogens with zero attached hydrogens (tertiary/aromatic N) is 1. The lowest BCUT2D eigenvalue weighted by molar-refractivity contribution is -0.141. The van der Waals surface area contributed by atoms with Crippen molar-refractivity contribution >= 4 is 5.69 Å². The fourth-order valence-corrected chi connectivity index (χ4v) is 1.78. The molecule has 2 aromatic rings. The predicted octanol–water partition coefficient (Wildman–Crippen LogP) is 3.06. The van der Waals surface area contributed by atoms with Crippen molar-refractivity contribution in [3.63, 3.8) is 0 Å². The van der Waals surface area contributed by atoms with Crippen LogP contribution in [0.25, 0.3) is 11.3 Å². The second-order valence-corrected chi connectivity index (χ2v) is 4.29. The van der Waals surface area contributed by atoms with E-state index in [-0.39, 0.29) is 5.69 Å². The van der Waals surface area contributed by atoms with Gasteiger partial charge in [-0.1, -0.05) is 0 Å². The zero-order valence-corrected chi connectivity index (χ0v) is 10.5. The highest BCUT2D eigenvalue weighted by Gasteiger charge is 2.40. The first-order chi connectivity index (χ1) is 10.00. The van der Waals surface area contributed by atoms with Gasteiger partial charge in [-0.2, -0.15) is 31.4 Å². The van der Waals surface area contributed by atoms with E-state index in [0.29, 0.717) is 12.1 Å². The highest BCUT2D eigenvalue weighted by Crippen LogP contribution is 2.43. The van der Waals surface area contributed by atoms with E-state index in [2.05, 4.69) is 5.10 Å². The van der Waals surface area contributed by atoms with Gasteiger partial charge < -0.3 is 5.73 Å². The fourth-order valence-electron chi connectivity index (χ4n) is 1.78. The number of nitrogens with two attached hydrogens (primary N) is 1. The second-order valence-electron chi connectivity index (χ2n) is 4.29. The molecule has 0 aliphatic rings. The van der Waals surface area contributed by atoms with Gasteiger partial charge in [-0.05, 0) is 18.2 Å². The molecule has 10 heteroatoms. The average Bonchev–Trinajstić information content (AvgIpc) is 2.37. The quantitative estimate of drug-likeness (QED) is 0.626. The molecule has 0 atom stereocenters. The number of rotatable bonds is 1. The Morgan fingerprint density at radius 3 is 1.82 bits per heavy atom. The van der Waals surface area contributed by atoms with Crippen molar-refractivity contribution in [2.24, 2.45) is 0 Å². The van der Waals surface area contributed by atoms with E-state index in [1.807, 2.05) is 5.10 Å². The van der Waals surface area contributed by atoms with Crippen LogP contribution in [0.3, 0.4) is 0 Å². The number of halogens is 6. The zero-order valence-electron chi connectivity index (χ0n) is 10.5. The first-order valence-electron chi connectivity index (χ1n) is 5.64. The van der Waals surface area contributed by atoms with Gasteiger partial charge in [0.15, 0.2) is 0 Å². The smallest absolute Gasteiger partial charge is 0.398 e. The van der Waals surface area contributed by atoms with Gasteiger partial charge in [-0.15, -0.1) is 0 Å². The molecule has 2 rings (SSSR count). The molecule has 0 unspecified atom stereocenters. The molecule has 0 aliphatic carbocycles. The number of nitrogen functional groups attached to an aromatic ring is 1. The van der Waals surface area contributed by atoms with Crippen LogP contribution < -0.4 is 11.3 Å². The largest absolute Gasteiger partial charge is 0.418 e. The lowest BCUT2D eigenvalue weighted by Gasteiger charge is -2.17. The van der Waals surface area contributed by atoms with Crippen LogP contribution in [-0.4, -0.2) is 10.2 Å². The number of aromatic nitrogens is 2. The van der Waals surface area contributed by atoms with Gasteiger partial charge in [-0.3, -0.25) is 4.79 Å². The molecule has 1 aromatic carbocycles. The molecule has 0 amide bonds. The van der Waals surface area contributed by atoms with E-state index in [0.717, 1.165) is 12.1 Å². The van der Waals surface area contributed by atoms with E-state index in [4.69, 9.17) is 5.73 Å². The Kier molecular flexibility index (Phi) is 3.63. The van der Waals surface area contributed by atoms with Crippen molar-refractivity contribution in [1.29, 1.82) is 0 Å². The Labute approximate surface area is 118 Å². The summed E-state index contributed by atoms with van der Waals surface area (Å²) in [7, 11) is 0. The maximum Gasteiger partial charge on any atom is 0.418 e. The van der Waals surface area contributed by atoms with Crippen molar-refractivity contribution in [1.82, 2.24) is 10.2 Å². The Morgan fingerprint density at radius 1 is 0.955 bits per heavy atom. The topological polar surface area (TPSA) is 71.8 Å². The molecule has 0 saturated carbocycles. The van der Waals surface area contributed by atoms with Gasteiger partial charge in [-0.25, -0.2) is 5.10 Å². The Hall–Kier alpha value is -2.52. The van der Waals surface area contributed by atoms with Crippen LogP contribution >= 0.6 is 0 Å². The van der Waals surface area contributed by atoms with Crippen LogP contribution in [0.2, 0.25) is 0 Å². The monoisotopic (exact) mass is 323 g/mol. The minimum Gasteiger partial charge on any atom is -0.398 e. The normalized spacial score (nSPS) is 12.5. The van der Waals surface area contributed by atoms with Crippen LogP contribution in [0, 0.1) is 0 Å². The standard InChI is InChI=1S/C12H7F6N3O/c13-11(14,15)6-3-5(8-1-2-9(22)21-20-8)4-7(10(6)19)12(16,17)18/h1-4H,19H2,(H,21,22). The molecule has 0 bridgehead atoms. The van der Waals surface area contributed by atoms with Gasteiger partial charge >= 0.3 is 12.4 Å². The predicted molar refractivity (Wildman–Crippen MR) is 64.7 cm³/mol. The summed E-state index contributed by atoms with van der Waals surface area (Å²) in [5.74, 6) is 0. The summed E-state index contributed by atoms with van der Waals surface area (Å²) < 4.78 is 77.1. The molecule has 0 spiro atoms. The van der Waals surface area contributed by atoms with Gasteiger partial charge in [0.2, 0.25) is 0 Å². The highest BCUT2D eigenvalue weighted by atomic mass is 19.4. The maximum atomic E-state index is 12.9. The van der Waals surface area contributed by atoms with Crippen molar-refractivity contribution in [3.05, 3.63) is 45.7 Å². The van der Waals surface area contributed by atoms with E-state index < -0.39 is 40.3 Å². The van der Waals surface area contributed by atoms with E-state index >= 15 is 0 Å². The molecule has 4 nitrogen and oxygen atoms in total. The highest BCUT2D eigenvalue weighted by molar-refractivity contribution is 5.69. The molecule has 0 fully saturated rings. The van der Waals surface area contributed by atoms with Crippen molar-refractivity contribution in [2.45, 2.75) is 12.4 Å². The molecule has 0 saturated heterocycles. The van der Waals surface area contributed by atoms with E-state index in [9.17, 15) is 31.1 Å². The summed E-state index contributed by atoms with van der Waals surface area (Å²) in [6, 6.07) is 2.83. The minimum absolute atomic E-state index is 0.254. The summed E-state index contributed by atoms with van der Waals surface area (Å²) >= 11 is 0. The minimum atomic E-state index is -5.07. The second kappa shape index (κ2) is 5.04. The third kappa shape index (κ3) is 3.05. The lowest BCUT2D eigenvalue weighted by atomic mass is 10.00. The number of alkyl halides is 6. The molecule has 1 aromatic heterocycles. The average molecular weight is 323 g/mol. The lowest BCUT2D eigenvalue weighted by Crippen LogP contribution is -2.16. The summed E-state index contributed by atoms with van der Waals surface area (Å²) in [5, 5.41) is 5.34. The van der Waals surface area contributed by atoms with Crippen molar-refractivity contribution in [2.75, 3.05) is 5.73 Å². The number of anilines is 1. The molecular formula is C12H7F6N3O.